The van der Waals surface area contributed by atoms with Gasteiger partial charge in [-0.3, -0.25) is 0 Å². The van der Waals surface area contributed by atoms with E-state index >= 15 is 0 Å². The van der Waals surface area contributed by atoms with E-state index in [0.29, 0.717) is 18.2 Å². The summed E-state index contributed by atoms with van der Waals surface area (Å²) in [5, 5.41) is 13.1. The molecule has 0 aliphatic heterocycles. The standard InChI is InChI=1S/C15H29NO3/c1-15(11-17,16-12-6-7-12)8-9-19-14-5-3-4-13(10-14)18-2/h12-14,16-17H,3-11H2,1-2H3. The Labute approximate surface area is 116 Å². The van der Waals surface area contributed by atoms with E-state index in [4.69, 9.17) is 9.47 Å². The minimum absolute atomic E-state index is 0.179. The summed E-state index contributed by atoms with van der Waals surface area (Å²) in [6.45, 7) is 2.99. The topological polar surface area (TPSA) is 50.7 Å². The molecule has 2 N–H and O–H groups in total. The quantitative estimate of drug-likeness (QED) is 0.707. The van der Waals surface area contributed by atoms with E-state index in [9.17, 15) is 5.11 Å². The van der Waals surface area contributed by atoms with Crippen molar-refractivity contribution in [2.45, 2.75) is 75.7 Å². The van der Waals surface area contributed by atoms with Crippen molar-refractivity contribution in [1.82, 2.24) is 5.32 Å². The molecule has 2 saturated carbocycles. The lowest BCUT2D eigenvalue weighted by molar-refractivity contribution is -0.0364. The van der Waals surface area contributed by atoms with Crippen LogP contribution in [0.15, 0.2) is 0 Å². The Morgan fingerprint density at radius 3 is 2.58 bits per heavy atom. The molecule has 0 saturated heterocycles. The number of rotatable bonds is 8. The maximum Gasteiger partial charge on any atom is 0.0611 e. The highest BCUT2D eigenvalue weighted by atomic mass is 16.5. The summed E-state index contributed by atoms with van der Waals surface area (Å²) in [6, 6.07) is 0.615. The number of aliphatic hydroxyl groups is 1. The summed E-state index contributed by atoms with van der Waals surface area (Å²) in [4.78, 5) is 0. The average Bonchev–Trinajstić information content (AvgIpc) is 3.23. The second-order valence-electron chi connectivity index (χ2n) is 6.40. The summed E-state index contributed by atoms with van der Waals surface area (Å²) < 4.78 is 11.4. The van der Waals surface area contributed by atoms with Crippen LogP contribution in [0.25, 0.3) is 0 Å². The molecule has 0 radical (unpaired) electrons. The third-order valence-electron chi connectivity index (χ3n) is 4.40. The molecule has 2 aliphatic carbocycles. The summed E-state index contributed by atoms with van der Waals surface area (Å²) in [5.41, 5.74) is -0.184. The van der Waals surface area contributed by atoms with Gasteiger partial charge in [-0.05, 0) is 51.9 Å². The van der Waals surface area contributed by atoms with Crippen LogP contribution in [0.3, 0.4) is 0 Å². The normalized spacial score (nSPS) is 31.1. The monoisotopic (exact) mass is 271 g/mol. The van der Waals surface area contributed by atoms with Gasteiger partial charge in [0.2, 0.25) is 0 Å². The van der Waals surface area contributed by atoms with Crippen LogP contribution in [0.2, 0.25) is 0 Å². The smallest absolute Gasteiger partial charge is 0.0611 e. The van der Waals surface area contributed by atoms with Crippen LogP contribution in [0.5, 0.6) is 0 Å². The molecule has 2 fully saturated rings. The van der Waals surface area contributed by atoms with Crippen LogP contribution in [0.1, 0.15) is 51.9 Å². The van der Waals surface area contributed by atoms with Crippen molar-refractivity contribution >= 4 is 0 Å². The van der Waals surface area contributed by atoms with Crippen molar-refractivity contribution in [2.24, 2.45) is 0 Å². The number of nitrogens with one attached hydrogen (secondary N) is 1. The van der Waals surface area contributed by atoms with Crippen LogP contribution in [-0.4, -0.2) is 49.2 Å². The lowest BCUT2D eigenvalue weighted by atomic mass is 9.94. The molecule has 0 aromatic rings. The zero-order valence-corrected chi connectivity index (χ0v) is 12.4. The van der Waals surface area contributed by atoms with Gasteiger partial charge in [0, 0.05) is 25.3 Å². The molecule has 2 rings (SSSR count). The highest BCUT2D eigenvalue weighted by Gasteiger charge is 2.32. The second-order valence-corrected chi connectivity index (χ2v) is 6.40. The first-order chi connectivity index (χ1) is 9.15. The van der Waals surface area contributed by atoms with Crippen molar-refractivity contribution < 1.29 is 14.6 Å². The predicted molar refractivity (Wildman–Crippen MR) is 75.3 cm³/mol. The Kier molecular flexibility index (Phi) is 5.63. The lowest BCUT2D eigenvalue weighted by Gasteiger charge is -2.32. The highest BCUT2D eigenvalue weighted by molar-refractivity contribution is 4.92. The molecule has 4 heteroatoms. The molecule has 0 aromatic heterocycles. The van der Waals surface area contributed by atoms with Crippen molar-refractivity contribution in [1.29, 1.82) is 0 Å². The van der Waals surface area contributed by atoms with Crippen molar-refractivity contribution in [3.05, 3.63) is 0 Å². The Bertz CT molecular complexity index is 270. The molecule has 0 bridgehead atoms. The van der Waals surface area contributed by atoms with Crippen molar-refractivity contribution in [3.8, 4) is 0 Å². The molecular weight excluding hydrogens is 242 g/mol. The Balaban J connectivity index is 1.66. The first kappa shape index (κ1) is 15.2. The minimum Gasteiger partial charge on any atom is -0.394 e. The average molecular weight is 271 g/mol. The molecule has 0 spiro atoms. The second kappa shape index (κ2) is 7.02. The Morgan fingerprint density at radius 1 is 1.21 bits per heavy atom. The highest BCUT2D eigenvalue weighted by Crippen LogP contribution is 2.26. The van der Waals surface area contributed by atoms with Gasteiger partial charge in [0.05, 0.1) is 18.8 Å². The van der Waals surface area contributed by atoms with Gasteiger partial charge >= 0.3 is 0 Å². The molecule has 19 heavy (non-hydrogen) atoms. The molecule has 112 valence electrons. The van der Waals surface area contributed by atoms with E-state index in [0.717, 1.165) is 32.3 Å². The molecule has 0 heterocycles. The van der Waals surface area contributed by atoms with Crippen LogP contribution in [-0.2, 0) is 9.47 Å². The van der Waals surface area contributed by atoms with Gasteiger partial charge in [-0.2, -0.15) is 0 Å². The predicted octanol–water partition coefficient (Wildman–Crippen LogP) is 1.85. The third kappa shape index (κ3) is 5.03. The number of hydrogen-bond acceptors (Lipinski definition) is 4. The van der Waals surface area contributed by atoms with Crippen molar-refractivity contribution in [2.75, 3.05) is 20.3 Å². The maximum absolute atomic E-state index is 9.54. The summed E-state index contributed by atoms with van der Waals surface area (Å²) >= 11 is 0. The first-order valence-corrected chi connectivity index (χ1v) is 7.68. The van der Waals surface area contributed by atoms with E-state index in [-0.39, 0.29) is 12.1 Å². The summed E-state index contributed by atoms with van der Waals surface area (Å²) in [7, 11) is 1.79. The third-order valence-corrected chi connectivity index (χ3v) is 4.40. The van der Waals surface area contributed by atoms with E-state index in [2.05, 4.69) is 12.2 Å². The largest absolute Gasteiger partial charge is 0.394 e. The van der Waals surface area contributed by atoms with Gasteiger partial charge in [-0.15, -0.1) is 0 Å². The molecule has 0 amide bonds. The molecule has 2 aliphatic rings. The van der Waals surface area contributed by atoms with E-state index in [1.165, 1.54) is 19.3 Å². The molecular formula is C15H29NO3. The fourth-order valence-corrected chi connectivity index (χ4v) is 2.84. The summed E-state index contributed by atoms with van der Waals surface area (Å²) in [5.74, 6) is 0. The SMILES string of the molecule is COC1CCCC(OCCC(C)(CO)NC2CC2)C1. The zero-order chi connectivity index (χ0) is 13.7. The molecule has 0 aromatic carbocycles. The van der Waals surface area contributed by atoms with Gasteiger partial charge < -0.3 is 19.9 Å². The molecule has 4 nitrogen and oxygen atoms in total. The fourth-order valence-electron chi connectivity index (χ4n) is 2.84. The lowest BCUT2D eigenvalue weighted by Crippen LogP contribution is -2.48. The van der Waals surface area contributed by atoms with Gasteiger partial charge in [0.25, 0.3) is 0 Å². The van der Waals surface area contributed by atoms with Crippen LogP contribution < -0.4 is 5.32 Å². The number of ether oxygens (including phenoxy) is 2. The number of aliphatic hydroxyl groups excluding tert-OH is 1. The van der Waals surface area contributed by atoms with E-state index in [1.807, 2.05) is 0 Å². The van der Waals surface area contributed by atoms with Crippen LogP contribution in [0.4, 0.5) is 0 Å². The minimum atomic E-state index is -0.184. The molecule has 3 atom stereocenters. The molecule has 3 unspecified atom stereocenters. The summed E-state index contributed by atoms with van der Waals surface area (Å²) in [6.07, 6.45) is 8.58. The first-order valence-electron chi connectivity index (χ1n) is 7.68. The maximum atomic E-state index is 9.54. The van der Waals surface area contributed by atoms with Crippen molar-refractivity contribution in [3.63, 3.8) is 0 Å². The fraction of sp³-hybridized carbons (Fsp3) is 1.00. The van der Waals surface area contributed by atoms with Gasteiger partial charge in [0.1, 0.15) is 0 Å². The number of hydrogen-bond donors (Lipinski definition) is 2. The Hall–Kier alpha value is -0.160. The van der Waals surface area contributed by atoms with E-state index in [1.54, 1.807) is 7.11 Å². The van der Waals surface area contributed by atoms with Crippen LogP contribution in [0, 0.1) is 0 Å². The van der Waals surface area contributed by atoms with Gasteiger partial charge in [0.15, 0.2) is 0 Å². The van der Waals surface area contributed by atoms with Gasteiger partial charge in [-0.25, -0.2) is 0 Å². The Morgan fingerprint density at radius 2 is 1.95 bits per heavy atom. The number of methoxy groups -OCH3 is 1. The van der Waals surface area contributed by atoms with Crippen LogP contribution >= 0.6 is 0 Å². The van der Waals surface area contributed by atoms with Gasteiger partial charge in [-0.1, -0.05) is 0 Å². The van der Waals surface area contributed by atoms with E-state index < -0.39 is 0 Å². The zero-order valence-electron chi connectivity index (χ0n) is 12.4.